The third-order valence-corrected chi connectivity index (χ3v) is 2.16. The van der Waals surface area contributed by atoms with Gasteiger partial charge in [-0.25, -0.2) is 0 Å². The standard InChI is InChI=1S/C11H21N3O/c1-4-15-11(2,3)10-12-7-9-14-8-5-6-13-14/h5-6,8,12H,4,7,9-10H2,1-3H3. The predicted molar refractivity (Wildman–Crippen MR) is 60.8 cm³/mol. The van der Waals surface area contributed by atoms with Gasteiger partial charge < -0.3 is 10.1 Å². The highest BCUT2D eigenvalue weighted by Gasteiger charge is 2.16. The number of rotatable bonds is 7. The van der Waals surface area contributed by atoms with Crippen LogP contribution in [0.5, 0.6) is 0 Å². The number of nitrogens with zero attached hydrogens (tertiary/aromatic N) is 2. The van der Waals surface area contributed by atoms with E-state index in [0.29, 0.717) is 0 Å². The second kappa shape index (κ2) is 5.88. The zero-order valence-electron chi connectivity index (χ0n) is 9.86. The molecule has 1 rings (SSSR count). The maximum absolute atomic E-state index is 5.58. The molecule has 0 aliphatic heterocycles. The molecule has 0 saturated heterocycles. The maximum Gasteiger partial charge on any atom is 0.0750 e. The molecule has 0 fully saturated rings. The molecule has 1 N–H and O–H groups in total. The molecular formula is C11H21N3O. The molecule has 15 heavy (non-hydrogen) atoms. The van der Waals surface area contributed by atoms with Crippen LogP contribution in [0.3, 0.4) is 0 Å². The van der Waals surface area contributed by atoms with Crippen LogP contribution in [0, 0.1) is 0 Å². The van der Waals surface area contributed by atoms with Crippen LogP contribution in [0.25, 0.3) is 0 Å². The summed E-state index contributed by atoms with van der Waals surface area (Å²) in [7, 11) is 0. The van der Waals surface area contributed by atoms with E-state index in [9.17, 15) is 0 Å². The summed E-state index contributed by atoms with van der Waals surface area (Å²) >= 11 is 0. The van der Waals surface area contributed by atoms with Crippen molar-refractivity contribution >= 4 is 0 Å². The van der Waals surface area contributed by atoms with Gasteiger partial charge in [0.1, 0.15) is 0 Å². The van der Waals surface area contributed by atoms with E-state index >= 15 is 0 Å². The summed E-state index contributed by atoms with van der Waals surface area (Å²) in [5, 5.41) is 7.49. The molecule has 0 saturated carbocycles. The van der Waals surface area contributed by atoms with Crippen LogP contribution >= 0.6 is 0 Å². The van der Waals surface area contributed by atoms with Gasteiger partial charge in [-0.15, -0.1) is 0 Å². The fourth-order valence-corrected chi connectivity index (χ4v) is 1.46. The quantitative estimate of drug-likeness (QED) is 0.691. The van der Waals surface area contributed by atoms with Crippen LogP contribution in [0.15, 0.2) is 18.5 Å². The summed E-state index contributed by atoms with van der Waals surface area (Å²) in [5.74, 6) is 0. The molecule has 1 aromatic rings. The molecule has 1 heterocycles. The number of ether oxygens (including phenoxy) is 1. The molecule has 0 amide bonds. The summed E-state index contributed by atoms with van der Waals surface area (Å²) in [4.78, 5) is 0. The van der Waals surface area contributed by atoms with E-state index in [1.54, 1.807) is 6.20 Å². The van der Waals surface area contributed by atoms with Crippen molar-refractivity contribution < 1.29 is 4.74 Å². The van der Waals surface area contributed by atoms with E-state index < -0.39 is 0 Å². The van der Waals surface area contributed by atoms with E-state index in [2.05, 4.69) is 24.3 Å². The Morgan fingerprint density at radius 1 is 1.47 bits per heavy atom. The molecule has 86 valence electrons. The number of aromatic nitrogens is 2. The average Bonchev–Trinajstić information content (AvgIpc) is 2.65. The summed E-state index contributed by atoms with van der Waals surface area (Å²) in [6.07, 6.45) is 3.76. The summed E-state index contributed by atoms with van der Waals surface area (Å²) in [6, 6.07) is 1.93. The lowest BCUT2D eigenvalue weighted by Crippen LogP contribution is -2.38. The fraction of sp³-hybridized carbons (Fsp3) is 0.727. The third-order valence-electron chi connectivity index (χ3n) is 2.16. The van der Waals surface area contributed by atoms with Crippen molar-refractivity contribution in [2.45, 2.75) is 32.9 Å². The van der Waals surface area contributed by atoms with Gasteiger partial charge >= 0.3 is 0 Å². The molecule has 0 spiro atoms. The van der Waals surface area contributed by atoms with Crippen molar-refractivity contribution in [1.29, 1.82) is 0 Å². The van der Waals surface area contributed by atoms with Crippen molar-refractivity contribution in [3.05, 3.63) is 18.5 Å². The molecule has 0 atom stereocenters. The molecule has 0 aromatic carbocycles. The van der Waals surface area contributed by atoms with Gasteiger partial charge in [-0.1, -0.05) is 0 Å². The maximum atomic E-state index is 5.58. The van der Waals surface area contributed by atoms with Gasteiger partial charge in [0.15, 0.2) is 0 Å². The molecule has 4 heteroatoms. The number of nitrogens with one attached hydrogen (secondary N) is 1. The zero-order valence-corrected chi connectivity index (χ0v) is 9.86. The first-order valence-electron chi connectivity index (χ1n) is 5.46. The number of hydrogen-bond acceptors (Lipinski definition) is 3. The molecule has 4 nitrogen and oxygen atoms in total. The topological polar surface area (TPSA) is 39.1 Å². The van der Waals surface area contributed by atoms with E-state index in [1.165, 1.54) is 0 Å². The normalized spacial score (nSPS) is 11.9. The lowest BCUT2D eigenvalue weighted by Gasteiger charge is -2.24. The summed E-state index contributed by atoms with van der Waals surface area (Å²) in [6.45, 7) is 9.64. The van der Waals surface area contributed by atoms with Gasteiger partial charge in [-0.2, -0.15) is 5.10 Å². The molecule has 1 aromatic heterocycles. The first-order valence-corrected chi connectivity index (χ1v) is 5.46. The second-order valence-corrected chi connectivity index (χ2v) is 4.14. The minimum Gasteiger partial charge on any atom is -0.375 e. The Kier molecular flexibility index (Phi) is 4.78. The zero-order chi connectivity index (χ0) is 11.1. The molecule has 0 aliphatic carbocycles. The van der Waals surface area contributed by atoms with Crippen LogP contribution < -0.4 is 5.32 Å². The van der Waals surface area contributed by atoms with Crippen LogP contribution in [-0.2, 0) is 11.3 Å². The smallest absolute Gasteiger partial charge is 0.0750 e. The largest absolute Gasteiger partial charge is 0.375 e. The van der Waals surface area contributed by atoms with Crippen molar-refractivity contribution in [3.63, 3.8) is 0 Å². The van der Waals surface area contributed by atoms with Crippen LogP contribution in [0.4, 0.5) is 0 Å². The second-order valence-electron chi connectivity index (χ2n) is 4.14. The molecule has 0 radical (unpaired) electrons. The van der Waals surface area contributed by atoms with E-state index in [-0.39, 0.29) is 5.60 Å². The Morgan fingerprint density at radius 3 is 2.87 bits per heavy atom. The lowest BCUT2D eigenvalue weighted by molar-refractivity contribution is -0.00877. The Balaban J connectivity index is 2.11. The minimum absolute atomic E-state index is 0.0845. The Labute approximate surface area is 91.6 Å². The van der Waals surface area contributed by atoms with Crippen LogP contribution in [-0.4, -0.2) is 35.1 Å². The lowest BCUT2D eigenvalue weighted by atomic mass is 10.1. The highest BCUT2D eigenvalue weighted by molar-refractivity contribution is 4.78. The van der Waals surface area contributed by atoms with E-state index in [1.807, 2.05) is 23.9 Å². The highest BCUT2D eigenvalue weighted by Crippen LogP contribution is 2.06. The summed E-state index contributed by atoms with van der Waals surface area (Å²) in [5.41, 5.74) is -0.0845. The molecule has 0 bridgehead atoms. The number of hydrogen-bond donors (Lipinski definition) is 1. The Morgan fingerprint density at radius 2 is 2.27 bits per heavy atom. The van der Waals surface area contributed by atoms with Crippen molar-refractivity contribution in [3.8, 4) is 0 Å². The average molecular weight is 211 g/mol. The molecule has 0 unspecified atom stereocenters. The van der Waals surface area contributed by atoms with E-state index in [4.69, 9.17) is 4.74 Å². The molecule has 0 aliphatic rings. The molecular weight excluding hydrogens is 190 g/mol. The minimum atomic E-state index is -0.0845. The van der Waals surface area contributed by atoms with Crippen molar-refractivity contribution in [2.24, 2.45) is 0 Å². The monoisotopic (exact) mass is 211 g/mol. The van der Waals surface area contributed by atoms with Gasteiger partial charge in [-0.05, 0) is 26.8 Å². The van der Waals surface area contributed by atoms with Gasteiger partial charge in [-0.3, -0.25) is 4.68 Å². The van der Waals surface area contributed by atoms with Gasteiger partial charge in [0, 0.05) is 32.1 Å². The summed E-state index contributed by atoms with van der Waals surface area (Å²) < 4.78 is 7.50. The Bertz CT molecular complexity index is 257. The fourth-order valence-electron chi connectivity index (χ4n) is 1.46. The van der Waals surface area contributed by atoms with Gasteiger partial charge in [0.05, 0.1) is 12.1 Å². The van der Waals surface area contributed by atoms with Gasteiger partial charge in [0.2, 0.25) is 0 Å². The highest BCUT2D eigenvalue weighted by atomic mass is 16.5. The third kappa shape index (κ3) is 4.95. The van der Waals surface area contributed by atoms with Crippen molar-refractivity contribution in [2.75, 3.05) is 19.7 Å². The first-order chi connectivity index (χ1) is 7.14. The van der Waals surface area contributed by atoms with E-state index in [0.717, 1.165) is 26.2 Å². The Hall–Kier alpha value is -0.870. The van der Waals surface area contributed by atoms with Gasteiger partial charge in [0.25, 0.3) is 0 Å². The van der Waals surface area contributed by atoms with Crippen LogP contribution in [0.2, 0.25) is 0 Å². The van der Waals surface area contributed by atoms with Crippen molar-refractivity contribution in [1.82, 2.24) is 15.1 Å². The first kappa shape index (κ1) is 12.2. The predicted octanol–water partition coefficient (Wildman–Crippen LogP) is 1.29. The van der Waals surface area contributed by atoms with Crippen LogP contribution in [0.1, 0.15) is 20.8 Å². The SMILES string of the molecule is CCOC(C)(C)CNCCn1cccn1.